The molecule has 0 spiro atoms. The van der Waals surface area contributed by atoms with Crippen LogP contribution in [-0.4, -0.2) is 17.0 Å². The monoisotopic (exact) mass is 299 g/mol. The molecule has 0 aliphatic heterocycles. The van der Waals surface area contributed by atoms with Crippen LogP contribution >= 0.6 is 0 Å². The number of aryl methyl sites for hydroxylation is 1. The van der Waals surface area contributed by atoms with Crippen LogP contribution in [0.15, 0.2) is 36.4 Å². The molecule has 0 bridgehead atoms. The van der Waals surface area contributed by atoms with Gasteiger partial charge >= 0.3 is 5.97 Å². The number of amides is 1. The van der Waals surface area contributed by atoms with Crippen molar-refractivity contribution >= 4 is 11.9 Å². The van der Waals surface area contributed by atoms with Crippen LogP contribution in [0.3, 0.4) is 0 Å². The number of hydrogen-bond acceptors (Lipinski definition) is 2. The molecule has 2 aliphatic carbocycles. The van der Waals surface area contributed by atoms with Gasteiger partial charge in [-0.2, -0.15) is 0 Å². The van der Waals surface area contributed by atoms with Crippen LogP contribution in [-0.2, 0) is 16.0 Å². The van der Waals surface area contributed by atoms with Gasteiger partial charge in [0.25, 0.3) is 0 Å². The molecule has 3 rings (SSSR count). The lowest BCUT2D eigenvalue weighted by molar-refractivity contribution is -0.147. The number of carbonyl (C=O) groups excluding carboxylic acids is 1. The Kier molecular flexibility index (Phi) is 4.27. The first-order valence-electron chi connectivity index (χ1n) is 7.93. The number of benzene rings is 1. The zero-order valence-corrected chi connectivity index (χ0v) is 12.5. The maximum atomic E-state index is 12.6. The number of aliphatic carboxylic acids is 1. The highest BCUT2D eigenvalue weighted by molar-refractivity contribution is 5.85. The molecule has 4 heteroatoms. The fourth-order valence-corrected chi connectivity index (χ4v) is 3.56. The molecule has 116 valence electrons. The smallest absolute Gasteiger partial charge is 0.307 e. The van der Waals surface area contributed by atoms with Gasteiger partial charge < -0.3 is 10.4 Å². The Bertz CT molecular complexity index is 608. The summed E-state index contributed by atoms with van der Waals surface area (Å²) in [5.74, 6) is -2.08. The van der Waals surface area contributed by atoms with Crippen LogP contribution in [0.4, 0.5) is 0 Å². The van der Waals surface area contributed by atoms with E-state index in [4.69, 9.17) is 0 Å². The first kappa shape index (κ1) is 14.8. The Morgan fingerprint density at radius 3 is 2.59 bits per heavy atom. The predicted octanol–water partition coefficient (Wildman–Crippen LogP) is 2.85. The second-order valence-corrected chi connectivity index (χ2v) is 6.15. The summed E-state index contributed by atoms with van der Waals surface area (Å²) in [4.78, 5) is 23.9. The second-order valence-electron chi connectivity index (χ2n) is 6.15. The summed E-state index contributed by atoms with van der Waals surface area (Å²) in [7, 11) is 0. The third-order valence-corrected chi connectivity index (χ3v) is 4.77. The third-order valence-electron chi connectivity index (χ3n) is 4.77. The second kappa shape index (κ2) is 6.34. The van der Waals surface area contributed by atoms with Crippen molar-refractivity contribution in [2.24, 2.45) is 11.8 Å². The molecule has 1 aromatic rings. The quantitative estimate of drug-likeness (QED) is 0.843. The first-order chi connectivity index (χ1) is 10.7. The summed E-state index contributed by atoms with van der Waals surface area (Å²) in [6.45, 7) is 0. The standard InChI is InChI=1S/C18H21NO3/c20-17(14-9-3-4-10-15(14)18(21)22)19-16-11-5-7-12-6-1-2-8-13(12)16/h1-4,6,8,14-16H,5,7,9-11H2,(H,19,20)(H,21,22)/t14-,15-,16-/m1/s1. The number of carbonyl (C=O) groups is 2. The number of rotatable bonds is 3. The molecule has 3 atom stereocenters. The Morgan fingerprint density at radius 1 is 1.09 bits per heavy atom. The van der Waals surface area contributed by atoms with Gasteiger partial charge in [0.15, 0.2) is 0 Å². The minimum Gasteiger partial charge on any atom is -0.481 e. The maximum Gasteiger partial charge on any atom is 0.307 e. The molecule has 2 N–H and O–H groups in total. The van der Waals surface area contributed by atoms with Gasteiger partial charge in [0, 0.05) is 0 Å². The maximum absolute atomic E-state index is 12.6. The third kappa shape index (κ3) is 2.91. The van der Waals surface area contributed by atoms with Gasteiger partial charge in [-0.05, 0) is 43.2 Å². The molecule has 0 radical (unpaired) electrons. The Morgan fingerprint density at radius 2 is 1.82 bits per heavy atom. The van der Waals surface area contributed by atoms with E-state index in [9.17, 15) is 14.7 Å². The molecule has 1 amide bonds. The minimum absolute atomic E-state index is 0.0119. The molecular weight excluding hydrogens is 278 g/mol. The van der Waals surface area contributed by atoms with Crippen LogP contribution in [0.5, 0.6) is 0 Å². The highest BCUT2D eigenvalue weighted by atomic mass is 16.4. The van der Waals surface area contributed by atoms with Crippen LogP contribution in [0.25, 0.3) is 0 Å². The van der Waals surface area contributed by atoms with Gasteiger partial charge in [-0.3, -0.25) is 9.59 Å². The largest absolute Gasteiger partial charge is 0.481 e. The van der Waals surface area contributed by atoms with Gasteiger partial charge in [-0.15, -0.1) is 0 Å². The molecule has 0 heterocycles. The lowest BCUT2D eigenvalue weighted by Crippen LogP contribution is -2.41. The summed E-state index contributed by atoms with van der Waals surface area (Å²) in [6, 6.07) is 8.20. The summed E-state index contributed by atoms with van der Waals surface area (Å²) in [5, 5.41) is 12.4. The summed E-state index contributed by atoms with van der Waals surface area (Å²) in [5.41, 5.74) is 2.47. The van der Waals surface area contributed by atoms with Crippen LogP contribution in [0, 0.1) is 11.8 Å². The first-order valence-corrected chi connectivity index (χ1v) is 7.93. The molecule has 1 aromatic carbocycles. The van der Waals surface area contributed by atoms with E-state index in [1.165, 1.54) is 11.1 Å². The highest BCUT2D eigenvalue weighted by Crippen LogP contribution is 2.31. The molecule has 0 fully saturated rings. The number of hydrogen-bond donors (Lipinski definition) is 2. The summed E-state index contributed by atoms with van der Waals surface area (Å²) in [6.07, 6.45) is 7.74. The lowest BCUT2D eigenvalue weighted by atomic mass is 9.81. The minimum atomic E-state index is -0.881. The molecule has 4 nitrogen and oxygen atoms in total. The average Bonchev–Trinajstić information content (AvgIpc) is 2.55. The van der Waals surface area contributed by atoms with Gasteiger partial charge in [0.05, 0.1) is 17.9 Å². The van der Waals surface area contributed by atoms with E-state index in [0.29, 0.717) is 12.8 Å². The van der Waals surface area contributed by atoms with E-state index in [-0.39, 0.29) is 11.9 Å². The normalized spacial score (nSPS) is 27.0. The zero-order chi connectivity index (χ0) is 15.5. The molecular formula is C18H21NO3. The van der Waals surface area contributed by atoms with E-state index in [2.05, 4.69) is 17.4 Å². The van der Waals surface area contributed by atoms with E-state index in [0.717, 1.165) is 19.3 Å². The fraction of sp³-hybridized carbons (Fsp3) is 0.444. The summed E-state index contributed by atoms with van der Waals surface area (Å²) >= 11 is 0. The Labute approximate surface area is 130 Å². The van der Waals surface area contributed by atoms with Crippen molar-refractivity contribution in [3.63, 3.8) is 0 Å². The van der Waals surface area contributed by atoms with Crippen LogP contribution < -0.4 is 5.32 Å². The molecule has 22 heavy (non-hydrogen) atoms. The van der Waals surface area contributed by atoms with E-state index < -0.39 is 17.8 Å². The molecule has 0 saturated carbocycles. The predicted molar refractivity (Wildman–Crippen MR) is 83.3 cm³/mol. The molecule has 0 saturated heterocycles. The van der Waals surface area contributed by atoms with Crippen molar-refractivity contribution in [2.75, 3.05) is 0 Å². The van der Waals surface area contributed by atoms with E-state index >= 15 is 0 Å². The molecule has 0 aromatic heterocycles. The van der Waals surface area contributed by atoms with Crippen molar-refractivity contribution < 1.29 is 14.7 Å². The average molecular weight is 299 g/mol. The van der Waals surface area contributed by atoms with Crippen molar-refractivity contribution in [1.29, 1.82) is 0 Å². The van der Waals surface area contributed by atoms with Crippen molar-refractivity contribution in [2.45, 2.75) is 38.1 Å². The van der Waals surface area contributed by atoms with Gasteiger partial charge in [-0.25, -0.2) is 0 Å². The van der Waals surface area contributed by atoms with Crippen molar-refractivity contribution in [3.05, 3.63) is 47.5 Å². The highest BCUT2D eigenvalue weighted by Gasteiger charge is 2.35. The topological polar surface area (TPSA) is 66.4 Å². The van der Waals surface area contributed by atoms with E-state index in [1.54, 1.807) is 0 Å². The van der Waals surface area contributed by atoms with Crippen LogP contribution in [0.2, 0.25) is 0 Å². The summed E-state index contributed by atoms with van der Waals surface area (Å²) < 4.78 is 0. The number of fused-ring (bicyclic) bond motifs is 1. The lowest BCUT2D eigenvalue weighted by Gasteiger charge is -2.30. The molecule has 0 unspecified atom stereocenters. The van der Waals surface area contributed by atoms with Gasteiger partial charge in [0.2, 0.25) is 5.91 Å². The van der Waals surface area contributed by atoms with Gasteiger partial charge in [-0.1, -0.05) is 36.4 Å². The SMILES string of the molecule is O=C(O)[C@@H]1CC=CC[C@H]1C(=O)N[C@@H]1CCCc2ccccc21. The fourth-order valence-electron chi connectivity index (χ4n) is 3.56. The van der Waals surface area contributed by atoms with Crippen LogP contribution in [0.1, 0.15) is 42.9 Å². The van der Waals surface area contributed by atoms with E-state index in [1.807, 2.05) is 24.3 Å². The number of nitrogens with one attached hydrogen (secondary N) is 1. The van der Waals surface area contributed by atoms with Gasteiger partial charge in [0.1, 0.15) is 0 Å². The van der Waals surface area contributed by atoms with Crippen molar-refractivity contribution in [1.82, 2.24) is 5.32 Å². The number of allylic oxidation sites excluding steroid dienone is 2. The molecule has 2 aliphatic rings. The zero-order valence-electron chi connectivity index (χ0n) is 12.5. The number of carboxylic acids is 1. The Balaban J connectivity index is 1.75. The Hall–Kier alpha value is -2.10. The number of carboxylic acid groups (broad SMARTS) is 1. The van der Waals surface area contributed by atoms with Crippen molar-refractivity contribution in [3.8, 4) is 0 Å².